The zero-order chi connectivity index (χ0) is 20.1. The standard InChI is InChI=1S/C23H29N5O/c1-19-5-4-6-20(17-19)27-15-13-26(14-16-27)12-10-24-23(29)9-11-28-18-25-21-7-2-3-8-22(21)28/h2-8,17-18H,9-16H2,1H3,(H,24,29). The number of rotatable bonds is 7. The van der Waals surface area contributed by atoms with Gasteiger partial charge in [-0.05, 0) is 36.8 Å². The summed E-state index contributed by atoms with van der Waals surface area (Å²) >= 11 is 0. The van der Waals surface area contributed by atoms with Crippen molar-refractivity contribution >= 4 is 22.6 Å². The van der Waals surface area contributed by atoms with Gasteiger partial charge in [0.1, 0.15) is 0 Å². The third-order valence-corrected chi connectivity index (χ3v) is 5.60. The SMILES string of the molecule is Cc1cccc(N2CCN(CCNC(=O)CCn3cnc4ccccc43)CC2)c1. The van der Waals surface area contributed by atoms with Crippen LogP contribution in [0.1, 0.15) is 12.0 Å². The molecule has 1 N–H and O–H groups in total. The van der Waals surface area contributed by atoms with E-state index in [-0.39, 0.29) is 5.91 Å². The average molecular weight is 392 g/mol. The summed E-state index contributed by atoms with van der Waals surface area (Å²) in [5.41, 5.74) is 4.66. The number of nitrogens with zero attached hydrogens (tertiary/aromatic N) is 4. The minimum Gasteiger partial charge on any atom is -0.369 e. The molecule has 1 aliphatic rings. The van der Waals surface area contributed by atoms with Crippen LogP contribution in [0.4, 0.5) is 5.69 Å². The quantitative estimate of drug-likeness (QED) is 0.673. The number of aryl methyl sites for hydroxylation is 2. The maximum atomic E-state index is 12.2. The Bertz CT molecular complexity index is 959. The smallest absolute Gasteiger partial charge is 0.221 e. The van der Waals surface area contributed by atoms with Crippen molar-refractivity contribution in [1.29, 1.82) is 0 Å². The van der Waals surface area contributed by atoms with Crippen molar-refractivity contribution in [2.24, 2.45) is 0 Å². The molecule has 4 rings (SSSR count). The lowest BCUT2D eigenvalue weighted by Gasteiger charge is -2.36. The Labute approximate surface area is 172 Å². The summed E-state index contributed by atoms with van der Waals surface area (Å²) in [5.74, 6) is 0.0983. The van der Waals surface area contributed by atoms with Gasteiger partial charge in [-0.25, -0.2) is 4.98 Å². The van der Waals surface area contributed by atoms with E-state index >= 15 is 0 Å². The minimum atomic E-state index is 0.0983. The first-order valence-electron chi connectivity index (χ1n) is 10.4. The zero-order valence-electron chi connectivity index (χ0n) is 17.1. The summed E-state index contributed by atoms with van der Waals surface area (Å²) in [6.45, 7) is 8.53. The predicted octanol–water partition coefficient (Wildman–Crippen LogP) is 2.67. The van der Waals surface area contributed by atoms with Gasteiger partial charge < -0.3 is 14.8 Å². The molecule has 2 heterocycles. The van der Waals surface area contributed by atoms with E-state index < -0.39 is 0 Å². The lowest BCUT2D eigenvalue weighted by Crippen LogP contribution is -2.48. The van der Waals surface area contributed by atoms with Crippen LogP contribution < -0.4 is 10.2 Å². The second-order valence-electron chi connectivity index (χ2n) is 7.69. The largest absolute Gasteiger partial charge is 0.369 e. The van der Waals surface area contributed by atoms with Crippen molar-refractivity contribution in [3.05, 3.63) is 60.4 Å². The number of hydrogen-bond donors (Lipinski definition) is 1. The Morgan fingerprint density at radius 1 is 1.03 bits per heavy atom. The fourth-order valence-corrected chi connectivity index (χ4v) is 3.91. The Kier molecular flexibility index (Phi) is 6.10. The van der Waals surface area contributed by atoms with Gasteiger partial charge in [-0.3, -0.25) is 9.69 Å². The fraction of sp³-hybridized carbons (Fsp3) is 0.391. The zero-order valence-corrected chi connectivity index (χ0v) is 17.1. The summed E-state index contributed by atoms with van der Waals surface area (Å²) in [6.07, 6.45) is 2.28. The summed E-state index contributed by atoms with van der Waals surface area (Å²) in [5, 5.41) is 3.06. The molecule has 3 aromatic rings. The number of hydrogen-bond acceptors (Lipinski definition) is 4. The highest BCUT2D eigenvalue weighted by atomic mass is 16.1. The van der Waals surface area contributed by atoms with Crippen LogP contribution in [0.5, 0.6) is 0 Å². The number of nitrogens with one attached hydrogen (secondary N) is 1. The molecule has 0 aliphatic carbocycles. The van der Waals surface area contributed by atoms with Crippen LogP contribution in [0, 0.1) is 6.92 Å². The Morgan fingerprint density at radius 2 is 1.86 bits per heavy atom. The van der Waals surface area contributed by atoms with Gasteiger partial charge >= 0.3 is 0 Å². The minimum absolute atomic E-state index is 0.0983. The highest BCUT2D eigenvalue weighted by Crippen LogP contribution is 2.17. The van der Waals surface area contributed by atoms with Gasteiger partial charge in [0.2, 0.25) is 5.91 Å². The molecule has 6 heteroatoms. The molecule has 0 spiro atoms. The van der Waals surface area contributed by atoms with Crippen LogP contribution >= 0.6 is 0 Å². The normalized spacial score (nSPS) is 15.0. The molecule has 6 nitrogen and oxygen atoms in total. The first kappa shape index (κ1) is 19.5. The molecule has 1 amide bonds. The average Bonchev–Trinajstić information content (AvgIpc) is 3.16. The molecule has 0 bridgehead atoms. The molecular weight excluding hydrogens is 362 g/mol. The van der Waals surface area contributed by atoms with Crippen LogP contribution in [0.2, 0.25) is 0 Å². The van der Waals surface area contributed by atoms with Crippen molar-refractivity contribution in [2.45, 2.75) is 19.9 Å². The second-order valence-corrected chi connectivity index (χ2v) is 7.69. The number of imidazole rings is 1. The van der Waals surface area contributed by atoms with E-state index in [1.165, 1.54) is 11.3 Å². The maximum absolute atomic E-state index is 12.2. The van der Waals surface area contributed by atoms with Crippen LogP contribution in [-0.4, -0.2) is 59.6 Å². The highest BCUT2D eigenvalue weighted by Gasteiger charge is 2.17. The molecule has 0 radical (unpaired) electrons. The van der Waals surface area contributed by atoms with Crippen molar-refractivity contribution in [1.82, 2.24) is 19.8 Å². The van der Waals surface area contributed by atoms with E-state index in [1.807, 2.05) is 35.2 Å². The molecule has 0 unspecified atom stereocenters. The molecule has 29 heavy (non-hydrogen) atoms. The van der Waals surface area contributed by atoms with E-state index in [9.17, 15) is 4.79 Å². The van der Waals surface area contributed by atoms with Crippen molar-refractivity contribution < 1.29 is 4.79 Å². The lowest BCUT2D eigenvalue weighted by atomic mass is 10.2. The first-order chi connectivity index (χ1) is 14.2. The molecule has 1 aliphatic heterocycles. The van der Waals surface area contributed by atoms with Crippen LogP contribution in [-0.2, 0) is 11.3 Å². The van der Waals surface area contributed by atoms with E-state index in [4.69, 9.17) is 0 Å². The topological polar surface area (TPSA) is 53.4 Å². The Hall–Kier alpha value is -2.86. The number of aromatic nitrogens is 2. The highest BCUT2D eigenvalue weighted by molar-refractivity contribution is 5.77. The summed E-state index contributed by atoms with van der Waals surface area (Å²) in [6, 6.07) is 16.7. The molecular formula is C23H29N5O. The Morgan fingerprint density at radius 3 is 2.69 bits per heavy atom. The van der Waals surface area contributed by atoms with Gasteiger partial charge in [-0.15, -0.1) is 0 Å². The number of amides is 1. The van der Waals surface area contributed by atoms with Gasteiger partial charge in [-0.1, -0.05) is 24.3 Å². The third kappa shape index (κ3) is 4.95. The van der Waals surface area contributed by atoms with Crippen LogP contribution in [0.25, 0.3) is 11.0 Å². The van der Waals surface area contributed by atoms with E-state index in [0.29, 0.717) is 19.5 Å². The number of carbonyl (C=O) groups excluding carboxylic acids is 1. The Balaban J connectivity index is 1.16. The molecule has 2 aromatic carbocycles. The summed E-state index contributed by atoms with van der Waals surface area (Å²) < 4.78 is 2.04. The van der Waals surface area contributed by atoms with Gasteiger partial charge in [0, 0.05) is 57.9 Å². The van der Waals surface area contributed by atoms with Crippen molar-refractivity contribution in [3.8, 4) is 0 Å². The second kappa shape index (κ2) is 9.09. The third-order valence-electron chi connectivity index (χ3n) is 5.60. The number of fused-ring (bicyclic) bond motifs is 1. The summed E-state index contributed by atoms with van der Waals surface area (Å²) in [7, 11) is 0. The van der Waals surface area contributed by atoms with E-state index in [2.05, 4.69) is 51.3 Å². The predicted molar refractivity (Wildman–Crippen MR) is 117 cm³/mol. The number of carbonyl (C=O) groups is 1. The molecule has 0 saturated carbocycles. The molecule has 1 saturated heterocycles. The molecule has 1 fully saturated rings. The van der Waals surface area contributed by atoms with Gasteiger partial charge in [-0.2, -0.15) is 0 Å². The lowest BCUT2D eigenvalue weighted by molar-refractivity contribution is -0.121. The van der Waals surface area contributed by atoms with Crippen LogP contribution in [0.3, 0.4) is 0 Å². The molecule has 1 aromatic heterocycles. The van der Waals surface area contributed by atoms with Gasteiger partial charge in [0.05, 0.1) is 17.4 Å². The maximum Gasteiger partial charge on any atom is 0.221 e. The first-order valence-corrected chi connectivity index (χ1v) is 10.4. The number of benzene rings is 2. The molecule has 152 valence electrons. The summed E-state index contributed by atoms with van der Waals surface area (Å²) in [4.78, 5) is 21.5. The molecule has 0 atom stereocenters. The van der Waals surface area contributed by atoms with Crippen LogP contribution in [0.15, 0.2) is 54.9 Å². The van der Waals surface area contributed by atoms with Gasteiger partial charge in [0.25, 0.3) is 0 Å². The number of para-hydroxylation sites is 2. The van der Waals surface area contributed by atoms with Gasteiger partial charge in [0.15, 0.2) is 0 Å². The van der Waals surface area contributed by atoms with Crippen molar-refractivity contribution in [2.75, 3.05) is 44.2 Å². The number of anilines is 1. The van der Waals surface area contributed by atoms with E-state index in [1.54, 1.807) is 0 Å². The monoisotopic (exact) mass is 391 g/mol. The number of piperazine rings is 1. The fourth-order valence-electron chi connectivity index (χ4n) is 3.91. The van der Waals surface area contributed by atoms with Crippen molar-refractivity contribution in [3.63, 3.8) is 0 Å². The van der Waals surface area contributed by atoms with E-state index in [0.717, 1.165) is 43.8 Å².